The minimum Gasteiger partial charge on any atom is -0.360 e. The first-order chi connectivity index (χ1) is 9.70. The quantitative estimate of drug-likeness (QED) is 0.819. The van der Waals surface area contributed by atoms with E-state index in [9.17, 15) is 9.18 Å². The van der Waals surface area contributed by atoms with E-state index in [-0.39, 0.29) is 24.2 Å². The van der Waals surface area contributed by atoms with E-state index in [2.05, 4.69) is 22.3 Å². The van der Waals surface area contributed by atoms with Gasteiger partial charge in [0.2, 0.25) is 0 Å². The standard InChI is InChI=1S/C14H12FN3O2/c15-13-8-11(4-3-10(13)2-1-6-16)14(19)17-9-12-5-7-18-20-12/h3-5,7-8H,6,9,16H2,(H,17,19). The second kappa shape index (κ2) is 6.50. The highest BCUT2D eigenvalue weighted by atomic mass is 19.1. The largest absolute Gasteiger partial charge is 0.360 e. The highest BCUT2D eigenvalue weighted by molar-refractivity contribution is 5.94. The van der Waals surface area contributed by atoms with Crippen LogP contribution in [0.15, 0.2) is 35.0 Å². The minimum atomic E-state index is -0.557. The maximum absolute atomic E-state index is 13.7. The summed E-state index contributed by atoms with van der Waals surface area (Å²) in [5.74, 6) is 4.70. The van der Waals surface area contributed by atoms with Crippen LogP contribution >= 0.6 is 0 Å². The van der Waals surface area contributed by atoms with Gasteiger partial charge in [-0.05, 0) is 18.2 Å². The zero-order valence-corrected chi connectivity index (χ0v) is 10.5. The molecule has 0 atom stereocenters. The molecule has 102 valence electrons. The van der Waals surface area contributed by atoms with Crippen molar-refractivity contribution >= 4 is 5.91 Å². The molecule has 0 aliphatic carbocycles. The molecule has 0 spiro atoms. The van der Waals surface area contributed by atoms with Crippen LogP contribution in [0.2, 0.25) is 0 Å². The third-order valence-electron chi connectivity index (χ3n) is 2.47. The Morgan fingerprint density at radius 3 is 2.95 bits per heavy atom. The highest BCUT2D eigenvalue weighted by Gasteiger charge is 2.09. The Morgan fingerprint density at radius 2 is 2.30 bits per heavy atom. The van der Waals surface area contributed by atoms with Crippen LogP contribution in [0.3, 0.4) is 0 Å². The lowest BCUT2D eigenvalue weighted by atomic mass is 10.1. The number of aromatic nitrogens is 1. The third kappa shape index (κ3) is 3.43. The molecule has 0 aliphatic rings. The molecule has 2 rings (SSSR count). The Labute approximate surface area is 114 Å². The van der Waals surface area contributed by atoms with Gasteiger partial charge in [-0.25, -0.2) is 4.39 Å². The van der Waals surface area contributed by atoms with Crippen molar-refractivity contribution in [3.05, 3.63) is 53.2 Å². The molecule has 0 saturated heterocycles. The Morgan fingerprint density at radius 1 is 1.45 bits per heavy atom. The summed E-state index contributed by atoms with van der Waals surface area (Å²) >= 11 is 0. The number of carbonyl (C=O) groups is 1. The third-order valence-corrected chi connectivity index (χ3v) is 2.47. The predicted molar refractivity (Wildman–Crippen MR) is 70.0 cm³/mol. The molecule has 6 heteroatoms. The number of hydrogen-bond acceptors (Lipinski definition) is 4. The Balaban J connectivity index is 2.05. The molecule has 0 fully saturated rings. The summed E-state index contributed by atoms with van der Waals surface area (Å²) in [4.78, 5) is 11.8. The molecule has 1 amide bonds. The molecule has 0 unspecified atom stereocenters. The van der Waals surface area contributed by atoms with Crippen molar-refractivity contribution in [3.63, 3.8) is 0 Å². The molecule has 20 heavy (non-hydrogen) atoms. The molecule has 3 N–H and O–H groups in total. The summed E-state index contributed by atoms with van der Waals surface area (Å²) in [7, 11) is 0. The molecule has 5 nitrogen and oxygen atoms in total. The monoisotopic (exact) mass is 273 g/mol. The number of benzene rings is 1. The van der Waals surface area contributed by atoms with Crippen molar-refractivity contribution in [2.45, 2.75) is 6.54 Å². The van der Waals surface area contributed by atoms with Gasteiger partial charge in [-0.2, -0.15) is 0 Å². The van der Waals surface area contributed by atoms with Crippen molar-refractivity contribution in [3.8, 4) is 11.8 Å². The van der Waals surface area contributed by atoms with E-state index < -0.39 is 11.7 Å². The van der Waals surface area contributed by atoms with Gasteiger partial charge in [0.25, 0.3) is 5.91 Å². The average Bonchev–Trinajstić information content (AvgIpc) is 2.96. The van der Waals surface area contributed by atoms with Gasteiger partial charge < -0.3 is 15.6 Å². The first-order valence-corrected chi connectivity index (χ1v) is 5.87. The van der Waals surface area contributed by atoms with Crippen LogP contribution in [0.5, 0.6) is 0 Å². The second-order valence-corrected chi connectivity index (χ2v) is 3.86. The van der Waals surface area contributed by atoms with E-state index >= 15 is 0 Å². The number of amides is 1. The molecule has 0 saturated carbocycles. The van der Waals surface area contributed by atoms with Crippen LogP contribution in [0, 0.1) is 17.7 Å². The normalized spacial score (nSPS) is 9.70. The maximum Gasteiger partial charge on any atom is 0.251 e. The average molecular weight is 273 g/mol. The number of nitrogens with one attached hydrogen (secondary N) is 1. The molecular formula is C14H12FN3O2. The topological polar surface area (TPSA) is 81.2 Å². The van der Waals surface area contributed by atoms with Gasteiger partial charge in [0.15, 0.2) is 5.76 Å². The van der Waals surface area contributed by atoms with Crippen LogP contribution in [-0.2, 0) is 6.54 Å². The smallest absolute Gasteiger partial charge is 0.251 e. The molecule has 1 aromatic heterocycles. The molecule has 1 heterocycles. The lowest BCUT2D eigenvalue weighted by Gasteiger charge is -2.04. The first kappa shape index (κ1) is 13.8. The molecule has 2 aromatic rings. The minimum absolute atomic E-state index is 0.152. The van der Waals surface area contributed by atoms with E-state index in [0.29, 0.717) is 5.76 Å². The van der Waals surface area contributed by atoms with Gasteiger partial charge >= 0.3 is 0 Å². The molecule has 0 bridgehead atoms. The fraction of sp³-hybridized carbons (Fsp3) is 0.143. The lowest BCUT2D eigenvalue weighted by molar-refractivity contribution is 0.0946. The van der Waals surface area contributed by atoms with Crippen molar-refractivity contribution in [1.82, 2.24) is 10.5 Å². The summed E-state index contributed by atoms with van der Waals surface area (Å²) in [5.41, 5.74) is 5.64. The lowest BCUT2D eigenvalue weighted by Crippen LogP contribution is -2.22. The number of hydrogen-bond donors (Lipinski definition) is 2. The van der Waals surface area contributed by atoms with Crippen molar-refractivity contribution in [1.29, 1.82) is 0 Å². The summed E-state index contributed by atoms with van der Waals surface area (Å²) in [6, 6.07) is 5.71. The summed E-state index contributed by atoms with van der Waals surface area (Å²) < 4.78 is 18.5. The van der Waals surface area contributed by atoms with Crippen LogP contribution < -0.4 is 11.1 Å². The number of nitrogens with zero attached hydrogens (tertiary/aromatic N) is 1. The van der Waals surface area contributed by atoms with Gasteiger partial charge in [0.05, 0.1) is 24.8 Å². The molecular weight excluding hydrogens is 261 g/mol. The van der Waals surface area contributed by atoms with Gasteiger partial charge in [-0.15, -0.1) is 0 Å². The number of halogens is 1. The predicted octanol–water partition coefficient (Wildman–Crippen LogP) is 1.05. The first-order valence-electron chi connectivity index (χ1n) is 5.87. The van der Waals surface area contributed by atoms with E-state index in [1.807, 2.05) is 0 Å². The fourth-order valence-electron chi connectivity index (χ4n) is 1.51. The highest BCUT2D eigenvalue weighted by Crippen LogP contribution is 2.09. The zero-order valence-electron chi connectivity index (χ0n) is 10.5. The van der Waals surface area contributed by atoms with Crippen LogP contribution in [0.25, 0.3) is 0 Å². The Bertz CT molecular complexity index is 657. The summed E-state index contributed by atoms with van der Waals surface area (Å²) in [6.07, 6.45) is 1.48. The van der Waals surface area contributed by atoms with E-state index in [1.165, 1.54) is 18.3 Å². The SMILES string of the molecule is NCC#Cc1ccc(C(=O)NCc2ccno2)cc1F. The van der Waals surface area contributed by atoms with Gasteiger partial charge in [-0.1, -0.05) is 17.0 Å². The molecule has 1 aromatic carbocycles. The van der Waals surface area contributed by atoms with E-state index in [1.54, 1.807) is 6.07 Å². The summed E-state index contributed by atoms with van der Waals surface area (Å²) in [5, 5.41) is 6.11. The second-order valence-electron chi connectivity index (χ2n) is 3.86. The molecule has 0 radical (unpaired) electrons. The van der Waals surface area contributed by atoms with Gasteiger partial charge in [0, 0.05) is 11.6 Å². The van der Waals surface area contributed by atoms with Crippen LogP contribution in [-0.4, -0.2) is 17.6 Å². The maximum atomic E-state index is 13.7. The van der Waals surface area contributed by atoms with Crippen LogP contribution in [0.1, 0.15) is 21.7 Å². The Kier molecular flexibility index (Phi) is 4.47. The van der Waals surface area contributed by atoms with Crippen molar-refractivity contribution < 1.29 is 13.7 Å². The van der Waals surface area contributed by atoms with E-state index in [0.717, 1.165) is 6.07 Å². The van der Waals surface area contributed by atoms with Crippen LogP contribution in [0.4, 0.5) is 4.39 Å². The molecule has 0 aliphatic heterocycles. The number of rotatable bonds is 3. The fourth-order valence-corrected chi connectivity index (χ4v) is 1.51. The van der Waals surface area contributed by atoms with Crippen molar-refractivity contribution in [2.75, 3.05) is 6.54 Å². The summed E-state index contributed by atoms with van der Waals surface area (Å²) in [6.45, 7) is 0.341. The van der Waals surface area contributed by atoms with E-state index in [4.69, 9.17) is 10.3 Å². The zero-order chi connectivity index (χ0) is 14.4. The number of nitrogens with two attached hydrogens (primary N) is 1. The van der Waals surface area contributed by atoms with Gasteiger partial charge in [0.1, 0.15) is 5.82 Å². The van der Waals surface area contributed by atoms with Gasteiger partial charge in [-0.3, -0.25) is 4.79 Å². The van der Waals surface area contributed by atoms with Crippen molar-refractivity contribution in [2.24, 2.45) is 5.73 Å². The number of carbonyl (C=O) groups excluding carboxylic acids is 1. The Hall–Kier alpha value is -2.65.